The molecular formula is C20H23N3O5. The number of carbonyl (C=O) groups is 2. The number of nitrogens with zero attached hydrogens (tertiary/aromatic N) is 1. The van der Waals surface area contributed by atoms with E-state index in [1.54, 1.807) is 0 Å². The van der Waals surface area contributed by atoms with E-state index in [-0.39, 0.29) is 17.3 Å². The second-order valence-electron chi connectivity index (χ2n) is 7.29. The maximum absolute atomic E-state index is 12.6. The van der Waals surface area contributed by atoms with Crippen molar-refractivity contribution in [1.82, 2.24) is 10.6 Å². The van der Waals surface area contributed by atoms with Crippen LogP contribution in [0, 0.1) is 15.5 Å². The molecule has 0 aliphatic carbocycles. The number of nitrogens with one attached hydrogen (secondary N) is 2. The van der Waals surface area contributed by atoms with E-state index in [4.69, 9.17) is 4.74 Å². The van der Waals surface area contributed by atoms with Gasteiger partial charge in [0.25, 0.3) is 5.69 Å². The highest BCUT2D eigenvalue weighted by Crippen LogP contribution is 2.21. The number of rotatable bonds is 6. The van der Waals surface area contributed by atoms with Crippen molar-refractivity contribution < 1.29 is 19.2 Å². The Balaban J connectivity index is 1.99. The predicted molar refractivity (Wildman–Crippen MR) is 104 cm³/mol. The molecule has 0 spiro atoms. The van der Waals surface area contributed by atoms with Gasteiger partial charge in [-0.05, 0) is 23.1 Å². The number of ether oxygens (including phenoxy) is 1. The molecule has 0 saturated heterocycles. The van der Waals surface area contributed by atoms with Gasteiger partial charge in [-0.1, -0.05) is 51.1 Å². The standard InChI is InChI=1S/C20H23N3O5/c1-20(2,3)17(18(24)21-13-14-7-5-4-6-8-14)22-19(25)28-16-11-9-15(10-12-16)23(26)27/h4-12,17H,13H2,1-3H3,(H,21,24)(H,22,25). The quantitative estimate of drug-likeness (QED) is 0.585. The fraction of sp³-hybridized carbons (Fsp3) is 0.300. The van der Waals surface area contributed by atoms with Crippen LogP contribution in [0.4, 0.5) is 10.5 Å². The van der Waals surface area contributed by atoms with Crippen molar-refractivity contribution in [2.45, 2.75) is 33.4 Å². The number of hydrogen-bond donors (Lipinski definition) is 2. The summed E-state index contributed by atoms with van der Waals surface area (Å²) in [7, 11) is 0. The SMILES string of the molecule is CC(C)(C)C(NC(=O)Oc1ccc([N+](=O)[O-])cc1)C(=O)NCc1ccccc1. The third-order valence-corrected chi connectivity index (χ3v) is 3.96. The largest absolute Gasteiger partial charge is 0.413 e. The van der Waals surface area contributed by atoms with Gasteiger partial charge >= 0.3 is 6.09 Å². The minimum absolute atomic E-state index is 0.111. The first-order valence-corrected chi connectivity index (χ1v) is 8.71. The van der Waals surface area contributed by atoms with Gasteiger partial charge in [0.1, 0.15) is 11.8 Å². The molecule has 0 radical (unpaired) electrons. The molecule has 2 rings (SSSR count). The molecule has 0 fully saturated rings. The minimum atomic E-state index is -0.832. The lowest BCUT2D eigenvalue weighted by atomic mass is 9.86. The van der Waals surface area contributed by atoms with Crippen LogP contribution >= 0.6 is 0 Å². The first kappa shape index (κ1) is 20.9. The molecule has 0 saturated carbocycles. The lowest BCUT2D eigenvalue weighted by molar-refractivity contribution is -0.384. The Morgan fingerprint density at radius 3 is 2.21 bits per heavy atom. The lowest BCUT2D eigenvalue weighted by Crippen LogP contribution is -2.54. The van der Waals surface area contributed by atoms with Gasteiger partial charge in [0, 0.05) is 18.7 Å². The average molecular weight is 385 g/mol. The molecule has 148 valence electrons. The van der Waals surface area contributed by atoms with E-state index in [1.165, 1.54) is 24.3 Å². The molecule has 0 aliphatic rings. The Bertz CT molecular complexity index is 829. The van der Waals surface area contributed by atoms with Gasteiger partial charge in [-0.3, -0.25) is 14.9 Å². The number of nitro benzene ring substituents is 1. The van der Waals surface area contributed by atoms with Crippen molar-refractivity contribution in [3.63, 3.8) is 0 Å². The van der Waals surface area contributed by atoms with Crippen LogP contribution < -0.4 is 15.4 Å². The minimum Gasteiger partial charge on any atom is -0.410 e. The molecule has 2 aromatic rings. The third-order valence-electron chi connectivity index (χ3n) is 3.96. The van der Waals surface area contributed by atoms with Gasteiger partial charge in [-0.15, -0.1) is 0 Å². The number of carbonyl (C=O) groups excluding carboxylic acids is 2. The average Bonchev–Trinajstić information content (AvgIpc) is 2.64. The highest BCUT2D eigenvalue weighted by Gasteiger charge is 2.33. The lowest BCUT2D eigenvalue weighted by Gasteiger charge is -2.30. The second-order valence-corrected chi connectivity index (χ2v) is 7.29. The molecule has 1 unspecified atom stereocenters. The van der Waals surface area contributed by atoms with E-state index < -0.39 is 22.5 Å². The summed E-state index contributed by atoms with van der Waals surface area (Å²) in [5.74, 6) is -0.197. The van der Waals surface area contributed by atoms with Crippen molar-refractivity contribution in [3.05, 3.63) is 70.3 Å². The molecule has 0 aromatic heterocycles. The highest BCUT2D eigenvalue weighted by molar-refractivity contribution is 5.86. The molecule has 0 aliphatic heterocycles. The zero-order valence-electron chi connectivity index (χ0n) is 16.0. The summed E-state index contributed by atoms with van der Waals surface area (Å²) in [6, 6.07) is 13.7. The normalized spacial score (nSPS) is 12.0. The number of nitro groups is 1. The Labute approximate surface area is 163 Å². The van der Waals surface area contributed by atoms with Gasteiger partial charge in [0.2, 0.25) is 5.91 Å². The summed E-state index contributed by atoms with van der Waals surface area (Å²) in [4.78, 5) is 35.0. The van der Waals surface area contributed by atoms with Gasteiger partial charge in [-0.2, -0.15) is 0 Å². The van der Waals surface area contributed by atoms with Crippen molar-refractivity contribution in [3.8, 4) is 5.75 Å². The maximum atomic E-state index is 12.6. The topological polar surface area (TPSA) is 111 Å². The van der Waals surface area contributed by atoms with Crippen molar-refractivity contribution >= 4 is 17.7 Å². The second kappa shape index (κ2) is 8.98. The molecule has 28 heavy (non-hydrogen) atoms. The van der Waals surface area contributed by atoms with Crippen molar-refractivity contribution in [2.24, 2.45) is 5.41 Å². The molecule has 0 bridgehead atoms. The summed E-state index contributed by atoms with van der Waals surface area (Å²) < 4.78 is 5.14. The number of non-ortho nitro benzene ring substituents is 1. The summed E-state index contributed by atoms with van der Waals surface area (Å²) in [6.07, 6.45) is -0.816. The monoisotopic (exact) mass is 385 g/mol. The summed E-state index contributed by atoms with van der Waals surface area (Å²) in [5.41, 5.74) is 0.271. The van der Waals surface area contributed by atoms with E-state index in [0.717, 1.165) is 5.56 Å². The van der Waals surface area contributed by atoms with Gasteiger partial charge in [-0.25, -0.2) is 4.79 Å². The van der Waals surface area contributed by atoms with Crippen LogP contribution in [0.15, 0.2) is 54.6 Å². The van der Waals surface area contributed by atoms with E-state index in [9.17, 15) is 19.7 Å². The fourth-order valence-corrected chi connectivity index (χ4v) is 2.45. The van der Waals surface area contributed by atoms with Crippen LogP contribution in [0.2, 0.25) is 0 Å². The first-order chi connectivity index (χ1) is 13.2. The van der Waals surface area contributed by atoms with E-state index in [2.05, 4.69) is 10.6 Å². The predicted octanol–water partition coefficient (Wildman–Crippen LogP) is 3.41. The Morgan fingerprint density at radius 1 is 1.07 bits per heavy atom. The molecular weight excluding hydrogens is 362 g/mol. The zero-order valence-corrected chi connectivity index (χ0v) is 16.0. The van der Waals surface area contributed by atoms with Gasteiger partial charge in [0.15, 0.2) is 0 Å². The summed E-state index contributed by atoms with van der Waals surface area (Å²) >= 11 is 0. The van der Waals surface area contributed by atoms with Crippen molar-refractivity contribution in [1.29, 1.82) is 0 Å². The summed E-state index contributed by atoms with van der Waals surface area (Å²) in [5, 5.41) is 16.1. The van der Waals surface area contributed by atoms with E-state index in [1.807, 2.05) is 51.1 Å². The van der Waals surface area contributed by atoms with Gasteiger partial charge in [0.05, 0.1) is 4.92 Å². The highest BCUT2D eigenvalue weighted by atomic mass is 16.6. The van der Waals surface area contributed by atoms with Crippen LogP contribution in [0.3, 0.4) is 0 Å². The Hall–Kier alpha value is -3.42. The van der Waals surface area contributed by atoms with Crippen LogP contribution in [-0.4, -0.2) is 23.0 Å². The van der Waals surface area contributed by atoms with E-state index in [0.29, 0.717) is 6.54 Å². The fourth-order valence-electron chi connectivity index (χ4n) is 2.45. The van der Waals surface area contributed by atoms with Crippen LogP contribution in [0.25, 0.3) is 0 Å². The third kappa shape index (κ3) is 6.08. The Kier molecular flexibility index (Phi) is 6.70. The first-order valence-electron chi connectivity index (χ1n) is 8.71. The van der Waals surface area contributed by atoms with Crippen LogP contribution in [0.5, 0.6) is 5.75 Å². The molecule has 0 heterocycles. The summed E-state index contributed by atoms with van der Waals surface area (Å²) in [6.45, 7) is 5.81. The molecule has 2 amide bonds. The molecule has 2 aromatic carbocycles. The van der Waals surface area contributed by atoms with Crippen molar-refractivity contribution in [2.75, 3.05) is 0 Å². The number of hydrogen-bond acceptors (Lipinski definition) is 5. The maximum Gasteiger partial charge on any atom is 0.413 e. The van der Waals surface area contributed by atoms with Crippen LogP contribution in [0.1, 0.15) is 26.3 Å². The van der Waals surface area contributed by atoms with Gasteiger partial charge < -0.3 is 15.4 Å². The molecule has 8 nitrogen and oxygen atoms in total. The molecule has 1 atom stereocenters. The molecule has 8 heteroatoms. The van der Waals surface area contributed by atoms with Crippen LogP contribution in [-0.2, 0) is 11.3 Å². The smallest absolute Gasteiger partial charge is 0.410 e. The number of amides is 2. The molecule has 2 N–H and O–H groups in total. The van der Waals surface area contributed by atoms with E-state index >= 15 is 0 Å². The number of benzene rings is 2. The Morgan fingerprint density at radius 2 is 1.68 bits per heavy atom. The zero-order chi connectivity index (χ0) is 20.7.